The van der Waals surface area contributed by atoms with Gasteiger partial charge in [0.25, 0.3) is 0 Å². The summed E-state index contributed by atoms with van der Waals surface area (Å²) in [7, 11) is 0. The third-order valence-corrected chi connectivity index (χ3v) is 1.71. The number of terminal acetylenes is 2. The van der Waals surface area contributed by atoms with E-state index < -0.39 is 0 Å². The zero-order valence-electron chi connectivity index (χ0n) is 10.6. The first-order chi connectivity index (χ1) is 8.91. The van der Waals surface area contributed by atoms with Crippen molar-refractivity contribution in [1.82, 2.24) is 0 Å². The predicted molar refractivity (Wildman–Crippen MR) is 66.9 cm³/mol. The Morgan fingerprint density at radius 3 is 1.50 bits per heavy atom. The Bertz CT molecular complexity index is 215. The summed E-state index contributed by atoms with van der Waals surface area (Å²) in [6.07, 6.45) is 12.0. The number of hydrogen-bond donors (Lipinski definition) is 0. The Kier molecular flexibility index (Phi) is 14.7. The van der Waals surface area contributed by atoms with Crippen LogP contribution in [0, 0.1) is 24.9 Å². The van der Waals surface area contributed by atoms with Gasteiger partial charge >= 0.3 is 0 Å². The molecular weight excluding hydrogens is 236 g/mol. The van der Waals surface area contributed by atoms with Gasteiger partial charge in [-0.1, -0.05) is 12.3 Å². The average molecular weight is 256 g/mol. The molecule has 0 N–H and O–H groups in total. The summed E-state index contributed by atoms with van der Waals surface area (Å²) in [6, 6.07) is 0. The molecule has 0 saturated carbocycles. The lowest BCUT2D eigenvalue weighted by Gasteiger charge is -2.06. The van der Waals surface area contributed by atoms with Crippen LogP contribution in [0.25, 0.3) is 0 Å². The molecule has 0 radical (unpaired) electrons. The third-order valence-electron chi connectivity index (χ3n) is 1.71. The monoisotopic (exact) mass is 256 g/mol. The van der Waals surface area contributed by atoms with Crippen molar-refractivity contribution >= 4 is 0 Å². The molecule has 0 heterocycles. The first-order valence-electron chi connectivity index (χ1n) is 5.73. The molecule has 0 aromatic carbocycles. The Labute approximate surface area is 109 Å². The van der Waals surface area contributed by atoms with Crippen LogP contribution >= 0.6 is 0 Å². The van der Waals surface area contributed by atoms with Crippen LogP contribution in [0.5, 0.6) is 0 Å². The highest BCUT2D eigenvalue weighted by Gasteiger charge is 1.92. The highest BCUT2D eigenvalue weighted by atomic mass is 16.6. The quantitative estimate of drug-likeness (QED) is 0.350. The second-order valence-electron chi connectivity index (χ2n) is 3.06. The fourth-order valence-corrected chi connectivity index (χ4v) is 0.950. The van der Waals surface area contributed by atoms with Gasteiger partial charge < -0.3 is 23.7 Å². The minimum atomic E-state index is 0.320. The van der Waals surface area contributed by atoms with Gasteiger partial charge in [0.15, 0.2) is 0 Å². The molecule has 0 aliphatic carbocycles. The van der Waals surface area contributed by atoms with Crippen LogP contribution in [0.2, 0.25) is 0 Å². The lowest BCUT2D eigenvalue weighted by atomic mass is 10.7. The van der Waals surface area contributed by atoms with E-state index in [9.17, 15) is 0 Å². The minimum absolute atomic E-state index is 0.320. The van der Waals surface area contributed by atoms with Crippen LogP contribution in [0.1, 0.15) is 0 Å². The normalized spacial score (nSPS) is 9.67. The molecule has 0 amide bonds. The van der Waals surface area contributed by atoms with Crippen molar-refractivity contribution in [3.63, 3.8) is 0 Å². The van der Waals surface area contributed by atoms with Crippen molar-refractivity contribution in [1.29, 1.82) is 0 Å². The Hall–Kier alpha value is -1.24. The van der Waals surface area contributed by atoms with Crippen molar-refractivity contribution in [3.05, 3.63) is 0 Å². The predicted octanol–water partition coefficient (Wildman–Crippen LogP) is 0.293. The van der Waals surface area contributed by atoms with Crippen LogP contribution in [-0.2, 0) is 23.7 Å². The zero-order valence-corrected chi connectivity index (χ0v) is 10.6. The molecule has 5 nitrogen and oxygen atoms in total. The smallest absolute Gasteiger partial charge is 0.123 e. The Morgan fingerprint density at radius 2 is 1.06 bits per heavy atom. The summed E-state index contributed by atoms with van der Waals surface area (Å²) in [6.45, 7) is 4.30. The molecule has 0 rings (SSSR count). The van der Waals surface area contributed by atoms with E-state index in [2.05, 4.69) is 16.8 Å². The summed E-state index contributed by atoms with van der Waals surface area (Å²) < 4.78 is 25.4. The fourth-order valence-electron chi connectivity index (χ4n) is 0.950. The van der Waals surface area contributed by atoms with Crippen molar-refractivity contribution in [3.8, 4) is 24.9 Å². The summed E-state index contributed by atoms with van der Waals surface area (Å²) in [5.41, 5.74) is 0. The lowest BCUT2D eigenvalue weighted by molar-refractivity contribution is -0.00293. The highest BCUT2D eigenvalue weighted by molar-refractivity contribution is 4.82. The number of ether oxygens (including phenoxy) is 5. The maximum Gasteiger partial charge on any atom is 0.123 e. The number of rotatable bonds is 13. The summed E-state index contributed by atoms with van der Waals surface area (Å²) in [4.78, 5) is 0. The van der Waals surface area contributed by atoms with Gasteiger partial charge in [0.1, 0.15) is 19.3 Å². The standard InChI is InChI=1S/C13H20O5/c1-3-5-15-8-9-17-12-13-18-11-10-16-7-6-14-4-2/h1-2H,5-13H2. The Balaban J connectivity index is 2.91. The molecule has 0 saturated heterocycles. The molecule has 102 valence electrons. The van der Waals surface area contributed by atoms with Gasteiger partial charge in [0.05, 0.1) is 46.2 Å². The Morgan fingerprint density at radius 1 is 0.611 bits per heavy atom. The van der Waals surface area contributed by atoms with E-state index >= 15 is 0 Å². The van der Waals surface area contributed by atoms with Crippen LogP contribution in [0.15, 0.2) is 0 Å². The molecule has 0 bridgehead atoms. The van der Waals surface area contributed by atoms with Crippen molar-refractivity contribution < 1.29 is 23.7 Å². The van der Waals surface area contributed by atoms with Crippen LogP contribution in [-0.4, -0.2) is 59.5 Å². The zero-order chi connectivity index (χ0) is 13.3. The topological polar surface area (TPSA) is 46.2 Å². The van der Waals surface area contributed by atoms with E-state index in [-0.39, 0.29) is 0 Å². The summed E-state index contributed by atoms with van der Waals surface area (Å²) in [5, 5.41) is 0. The van der Waals surface area contributed by atoms with E-state index in [4.69, 9.17) is 31.8 Å². The van der Waals surface area contributed by atoms with Gasteiger partial charge in [-0.05, 0) is 0 Å². The van der Waals surface area contributed by atoms with Crippen molar-refractivity contribution in [2.45, 2.75) is 0 Å². The second-order valence-corrected chi connectivity index (χ2v) is 3.06. The van der Waals surface area contributed by atoms with E-state index in [1.807, 2.05) is 0 Å². The maximum absolute atomic E-state index is 5.26. The molecule has 0 unspecified atom stereocenters. The van der Waals surface area contributed by atoms with Gasteiger partial charge in [-0.25, -0.2) is 0 Å². The molecule has 0 aliphatic heterocycles. The average Bonchev–Trinajstić information content (AvgIpc) is 2.39. The van der Waals surface area contributed by atoms with E-state index in [1.54, 1.807) is 0 Å². The van der Waals surface area contributed by atoms with Gasteiger partial charge in [0.2, 0.25) is 0 Å². The van der Waals surface area contributed by atoms with Gasteiger partial charge in [-0.2, -0.15) is 0 Å². The minimum Gasteiger partial charge on any atom is -0.444 e. The molecular formula is C13H20O5. The first-order valence-corrected chi connectivity index (χ1v) is 5.73. The molecule has 5 heteroatoms. The van der Waals surface area contributed by atoms with E-state index in [1.165, 1.54) is 0 Å². The summed E-state index contributed by atoms with van der Waals surface area (Å²) in [5.74, 6) is 2.38. The molecule has 0 fully saturated rings. The second kappa shape index (κ2) is 15.8. The van der Waals surface area contributed by atoms with Gasteiger partial charge in [0, 0.05) is 0 Å². The van der Waals surface area contributed by atoms with E-state index in [0.29, 0.717) is 59.5 Å². The first kappa shape index (κ1) is 16.8. The molecule has 0 aromatic rings. The molecule has 0 atom stereocenters. The molecule has 0 aromatic heterocycles. The highest BCUT2D eigenvalue weighted by Crippen LogP contribution is 1.83. The fraction of sp³-hybridized carbons (Fsp3) is 0.692. The molecule has 18 heavy (non-hydrogen) atoms. The van der Waals surface area contributed by atoms with Gasteiger partial charge in [-0.15, -0.1) is 6.42 Å². The van der Waals surface area contributed by atoms with Crippen LogP contribution < -0.4 is 0 Å². The number of hydrogen-bond acceptors (Lipinski definition) is 5. The summed E-state index contributed by atoms with van der Waals surface area (Å²) >= 11 is 0. The molecule has 0 aliphatic rings. The van der Waals surface area contributed by atoms with Crippen molar-refractivity contribution in [2.75, 3.05) is 59.5 Å². The largest absolute Gasteiger partial charge is 0.444 e. The van der Waals surface area contributed by atoms with Gasteiger partial charge in [-0.3, -0.25) is 0 Å². The van der Waals surface area contributed by atoms with Crippen LogP contribution in [0.3, 0.4) is 0 Å². The van der Waals surface area contributed by atoms with E-state index in [0.717, 1.165) is 0 Å². The van der Waals surface area contributed by atoms with Crippen molar-refractivity contribution in [2.24, 2.45) is 0 Å². The molecule has 0 spiro atoms. The third kappa shape index (κ3) is 14.8. The maximum atomic E-state index is 5.26. The SMILES string of the molecule is C#CCOCCOCCOCCOCCOC#C. The van der Waals surface area contributed by atoms with Crippen LogP contribution in [0.4, 0.5) is 0 Å². The lowest BCUT2D eigenvalue weighted by Crippen LogP contribution is -2.12.